The predicted octanol–water partition coefficient (Wildman–Crippen LogP) is 2.86. The van der Waals surface area contributed by atoms with Crippen LogP contribution in [0.15, 0.2) is 35.2 Å². The molecular weight excluding hydrogens is 304 g/mol. The molecule has 0 bridgehead atoms. The third kappa shape index (κ3) is 4.06. The molecule has 114 valence electrons. The second-order valence-corrected chi connectivity index (χ2v) is 8.32. The van der Waals surface area contributed by atoms with Crippen molar-refractivity contribution in [3.63, 3.8) is 0 Å². The molecule has 6 heteroatoms. The van der Waals surface area contributed by atoms with Crippen molar-refractivity contribution in [3.05, 3.63) is 45.6 Å². The van der Waals surface area contributed by atoms with Gasteiger partial charge in [-0.3, -0.25) is 0 Å². The van der Waals surface area contributed by atoms with Crippen LogP contribution in [0.25, 0.3) is 0 Å². The van der Waals surface area contributed by atoms with E-state index in [9.17, 15) is 8.42 Å². The second-order valence-electron chi connectivity index (χ2n) is 5.26. The van der Waals surface area contributed by atoms with Gasteiger partial charge in [0.25, 0.3) is 0 Å². The summed E-state index contributed by atoms with van der Waals surface area (Å²) in [6, 6.07) is 8.83. The molecule has 0 aliphatic carbocycles. The van der Waals surface area contributed by atoms with E-state index in [2.05, 4.69) is 4.72 Å². The minimum atomic E-state index is -3.55. The zero-order valence-corrected chi connectivity index (χ0v) is 14.0. The summed E-state index contributed by atoms with van der Waals surface area (Å²) >= 11 is 1.69. The molecule has 1 aromatic carbocycles. The number of nitrogen functional groups attached to an aromatic ring is 1. The van der Waals surface area contributed by atoms with Gasteiger partial charge in [0.05, 0.1) is 4.90 Å². The van der Waals surface area contributed by atoms with Gasteiger partial charge in [-0.2, -0.15) is 0 Å². The predicted molar refractivity (Wildman–Crippen MR) is 88.1 cm³/mol. The minimum absolute atomic E-state index is 0.172. The van der Waals surface area contributed by atoms with E-state index in [4.69, 9.17) is 5.73 Å². The molecule has 1 unspecified atom stereocenters. The number of anilines is 1. The molecule has 0 spiro atoms. The molecule has 0 saturated carbocycles. The van der Waals surface area contributed by atoms with E-state index in [-0.39, 0.29) is 10.9 Å². The summed E-state index contributed by atoms with van der Waals surface area (Å²) in [5.41, 5.74) is 6.83. The Kier molecular flexibility index (Phi) is 4.70. The number of hydrogen-bond donors (Lipinski definition) is 2. The fourth-order valence-corrected chi connectivity index (χ4v) is 4.72. The molecule has 3 N–H and O–H groups in total. The number of aryl methyl sites for hydroxylation is 2. The minimum Gasteiger partial charge on any atom is -0.399 e. The molecule has 1 atom stereocenters. The van der Waals surface area contributed by atoms with Crippen molar-refractivity contribution in [2.45, 2.75) is 38.1 Å². The highest BCUT2D eigenvalue weighted by atomic mass is 32.2. The van der Waals surface area contributed by atoms with E-state index in [1.165, 1.54) is 15.8 Å². The monoisotopic (exact) mass is 324 g/mol. The Morgan fingerprint density at radius 2 is 1.95 bits per heavy atom. The van der Waals surface area contributed by atoms with Crippen molar-refractivity contribution in [1.82, 2.24) is 4.72 Å². The first-order valence-electron chi connectivity index (χ1n) is 6.72. The zero-order chi connectivity index (χ0) is 15.6. The molecule has 0 radical (unpaired) electrons. The molecule has 0 fully saturated rings. The smallest absolute Gasteiger partial charge is 0.241 e. The van der Waals surface area contributed by atoms with Gasteiger partial charge in [-0.05, 0) is 57.0 Å². The van der Waals surface area contributed by atoms with Crippen molar-refractivity contribution >= 4 is 27.0 Å². The Bertz CT molecular complexity index is 736. The number of thiophene rings is 1. The fourth-order valence-electron chi connectivity index (χ4n) is 2.17. The Morgan fingerprint density at radius 3 is 2.57 bits per heavy atom. The first-order chi connectivity index (χ1) is 9.78. The van der Waals surface area contributed by atoms with Crippen molar-refractivity contribution in [3.8, 4) is 0 Å². The maximum absolute atomic E-state index is 12.4. The van der Waals surface area contributed by atoms with E-state index in [1.54, 1.807) is 30.4 Å². The first kappa shape index (κ1) is 16.0. The van der Waals surface area contributed by atoms with Crippen LogP contribution in [-0.2, 0) is 16.4 Å². The quantitative estimate of drug-likeness (QED) is 0.831. The number of nitrogens with two attached hydrogens (primary N) is 1. The van der Waals surface area contributed by atoms with Crippen LogP contribution in [0.3, 0.4) is 0 Å². The van der Waals surface area contributed by atoms with E-state index in [1.807, 2.05) is 26.0 Å². The fraction of sp³-hybridized carbons (Fsp3) is 0.333. The molecular formula is C15H20N2O2S2. The highest BCUT2D eigenvalue weighted by molar-refractivity contribution is 7.89. The van der Waals surface area contributed by atoms with Crippen molar-refractivity contribution in [1.29, 1.82) is 0 Å². The van der Waals surface area contributed by atoms with Crippen LogP contribution in [-0.4, -0.2) is 14.5 Å². The van der Waals surface area contributed by atoms with Gasteiger partial charge < -0.3 is 5.73 Å². The lowest BCUT2D eigenvalue weighted by Gasteiger charge is -2.15. The first-order valence-corrected chi connectivity index (χ1v) is 9.01. The molecule has 0 saturated heterocycles. The topological polar surface area (TPSA) is 72.2 Å². The number of hydrogen-bond acceptors (Lipinski definition) is 4. The highest BCUT2D eigenvalue weighted by Crippen LogP contribution is 2.20. The van der Waals surface area contributed by atoms with E-state index in [0.717, 1.165) is 0 Å². The van der Waals surface area contributed by atoms with Gasteiger partial charge in [0.2, 0.25) is 10.0 Å². The van der Waals surface area contributed by atoms with Crippen LogP contribution in [0.4, 0.5) is 5.69 Å². The lowest BCUT2D eigenvalue weighted by atomic mass is 10.2. The lowest BCUT2D eigenvalue weighted by molar-refractivity contribution is 0.560. The average Bonchev–Trinajstić information content (AvgIpc) is 2.76. The van der Waals surface area contributed by atoms with Gasteiger partial charge in [0, 0.05) is 21.5 Å². The van der Waals surface area contributed by atoms with Crippen LogP contribution in [0.2, 0.25) is 0 Å². The summed E-state index contributed by atoms with van der Waals surface area (Å²) in [6.07, 6.45) is 0.680. The summed E-state index contributed by atoms with van der Waals surface area (Å²) in [5.74, 6) is 0. The third-order valence-corrected chi connectivity index (χ3v) is 5.92. The molecule has 0 aliphatic rings. The number of nitrogens with one attached hydrogen (secondary N) is 1. The summed E-state index contributed by atoms with van der Waals surface area (Å²) in [6.45, 7) is 5.68. The lowest BCUT2D eigenvalue weighted by Crippen LogP contribution is -2.34. The molecule has 0 aliphatic heterocycles. The normalized spacial score (nSPS) is 13.3. The van der Waals surface area contributed by atoms with Crippen LogP contribution >= 0.6 is 11.3 Å². The number of rotatable bonds is 5. The molecule has 0 amide bonds. The maximum Gasteiger partial charge on any atom is 0.241 e. The van der Waals surface area contributed by atoms with Crippen LogP contribution < -0.4 is 10.5 Å². The second kappa shape index (κ2) is 6.17. The number of benzene rings is 1. The zero-order valence-electron chi connectivity index (χ0n) is 12.4. The Morgan fingerprint density at radius 1 is 1.24 bits per heavy atom. The standard InChI is InChI=1S/C15H20N2O2S2/c1-10-4-6-13(16)9-15(10)21(18,19)17-11(2)8-14-7-5-12(3)20-14/h4-7,9,11,17H,8,16H2,1-3H3. The Balaban J connectivity index is 2.15. The van der Waals surface area contributed by atoms with Crippen LogP contribution in [0.5, 0.6) is 0 Å². The molecule has 2 aromatic rings. The Labute approximate surface area is 130 Å². The molecule has 21 heavy (non-hydrogen) atoms. The van der Waals surface area contributed by atoms with Gasteiger partial charge in [-0.1, -0.05) is 6.07 Å². The van der Waals surface area contributed by atoms with Crippen molar-refractivity contribution < 1.29 is 8.42 Å². The van der Waals surface area contributed by atoms with Gasteiger partial charge >= 0.3 is 0 Å². The summed E-state index contributed by atoms with van der Waals surface area (Å²) in [4.78, 5) is 2.65. The Hall–Kier alpha value is -1.37. The van der Waals surface area contributed by atoms with E-state index in [0.29, 0.717) is 17.7 Å². The SMILES string of the molecule is Cc1ccc(CC(C)NS(=O)(=O)c2cc(N)ccc2C)s1. The van der Waals surface area contributed by atoms with Gasteiger partial charge in [0.1, 0.15) is 0 Å². The van der Waals surface area contributed by atoms with Crippen molar-refractivity contribution in [2.75, 3.05) is 5.73 Å². The van der Waals surface area contributed by atoms with Crippen LogP contribution in [0.1, 0.15) is 22.2 Å². The van der Waals surface area contributed by atoms with Gasteiger partial charge in [-0.25, -0.2) is 13.1 Å². The van der Waals surface area contributed by atoms with Gasteiger partial charge in [-0.15, -0.1) is 11.3 Å². The highest BCUT2D eigenvalue weighted by Gasteiger charge is 2.20. The average molecular weight is 324 g/mol. The summed E-state index contributed by atoms with van der Waals surface area (Å²) in [5, 5.41) is 0. The molecule has 4 nitrogen and oxygen atoms in total. The summed E-state index contributed by atoms with van der Waals surface area (Å²) < 4.78 is 27.6. The molecule has 1 aromatic heterocycles. The van der Waals surface area contributed by atoms with E-state index < -0.39 is 10.0 Å². The summed E-state index contributed by atoms with van der Waals surface area (Å²) in [7, 11) is -3.55. The number of sulfonamides is 1. The van der Waals surface area contributed by atoms with Crippen LogP contribution in [0, 0.1) is 13.8 Å². The molecule has 2 rings (SSSR count). The third-order valence-electron chi connectivity index (χ3n) is 3.16. The van der Waals surface area contributed by atoms with Crippen molar-refractivity contribution in [2.24, 2.45) is 0 Å². The largest absolute Gasteiger partial charge is 0.399 e. The maximum atomic E-state index is 12.4. The van der Waals surface area contributed by atoms with Gasteiger partial charge in [0.15, 0.2) is 0 Å². The van der Waals surface area contributed by atoms with E-state index >= 15 is 0 Å². The molecule has 1 heterocycles.